The molecule has 0 amide bonds. The highest BCUT2D eigenvalue weighted by atomic mass is 35.5. The van der Waals surface area contributed by atoms with Gasteiger partial charge in [-0.05, 0) is 61.7 Å². The third-order valence-electron chi connectivity index (χ3n) is 5.93. The summed E-state index contributed by atoms with van der Waals surface area (Å²) in [5, 5.41) is 5.00. The molecule has 29 heavy (non-hydrogen) atoms. The molecule has 1 atom stereocenters. The second-order valence-corrected chi connectivity index (χ2v) is 8.96. The van der Waals surface area contributed by atoms with Crippen molar-refractivity contribution in [2.75, 3.05) is 26.0 Å². The maximum atomic E-state index is 6.73. The molecule has 1 aliphatic rings. The predicted octanol–water partition coefficient (Wildman–Crippen LogP) is 6.32. The summed E-state index contributed by atoms with van der Waals surface area (Å²) in [6.45, 7) is 6.09. The number of nitrogens with one attached hydrogen (secondary N) is 1. The van der Waals surface area contributed by atoms with Crippen molar-refractivity contribution in [3.05, 3.63) is 57.1 Å². The minimum Gasteiger partial charge on any atom is -0.353 e. The quantitative estimate of drug-likeness (QED) is 0.496. The van der Waals surface area contributed by atoms with E-state index < -0.39 is 0 Å². The molecule has 0 saturated heterocycles. The zero-order valence-corrected chi connectivity index (χ0v) is 19.0. The number of aromatic nitrogens is 2. The molecule has 0 aliphatic carbocycles. The molecule has 2 heterocycles. The molecule has 0 fully saturated rings. The van der Waals surface area contributed by atoms with Gasteiger partial charge in [-0.3, -0.25) is 4.57 Å². The highest BCUT2D eigenvalue weighted by molar-refractivity contribution is 6.35. The van der Waals surface area contributed by atoms with Gasteiger partial charge in [0.2, 0.25) is 5.95 Å². The molecule has 4 rings (SSSR count). The van der Waals surface area contributed by atoms with Gasteiger partial charge in [-0.15, -0.1) is 0 Å². The largest absolute Gasteiger partial charge is 0.353 e. The molecule has 6 heteroatoms. The molecule has 0 saturated carbocycles. The first-order valence-corrected chi connectivity index (χ1v) is 11.1. The van der Waals surface area contributed by atoms with E-state index in [1.54, 1.807) is 0 Å². The van der Waals surface area contributed by atoms with Crippen LogP contribution in [0, 0.1) is 0 Å². The van der Waals surface area contributed by atoms with E-state index in [0.29, 0.717) is 5.92 Å². The molecule has 1 unspecified atom stereocenters. The number of benzene rings is 2. The fraction of sp³-hybridized carbons (Fsp3) is 0.435. The molecule has 1 N–H and O–H groups in total. The third-order valence-corrected chi connectivity index (χ3v) is 6.57. The fourth-order valence-corrected chi connectivity index (χ4v) is 5.07. The summed E-state index contributed by atoms with van der Waals surface area (Å²) in [5.41, 5.74) is 5.61. The van der Waals surface area contributed by atoms with E-state index in [1.807, 2.05) is 6.07 Å². The predicted molar refractivity (Wildman–Crippen MR) is 124 cm³/mol. The topological polar surface area (TPSA) is 33.1 Å². The smallest absolute Gasteiger partial charge is 0.204 e. The molecule has 0 radical (unpaired) electrons. The SMILES string of the molecule is CCC(CC)c1ccc(Cl)c2c1nc1n2C(c2ccc(CN(C)C)cc2Cl)CN1. The molecule has 1 aliphatic heterocycles. The summed E-state index contributed by atoms with van der Waals surface area (Å²) < 4.78 is 2.23. The Kier molecular flexibility index (Phi) is 5.78. The fourth-order valence-electron chi connectivity index (χ4n) is 4.50. The number of halogens is 2. The minimum atomic E-state index is 0.0744. The summed E-state index contributed by atoms with van der Waals surface area (Å²) in [5.74, 6) is 1.36. The van der Waals surface area contributed by atoms with Gasteiger partial charge in [0.25, 0.3) is 0 Å². The lowest BCUT2D eigenvalue weighted by Crippen LogP contribution is -2.13. The summed E-state index contributed by atoms with van der Waals surface area (Å²) in [6.07, 6.45) is 2.18. The lowest BCUT2D eigenvalue weighted by Gasteiger charge is -2.19. The average Bonchev–Trinajstić information content (AvgIpc) is 3.24. The molecule has 1 aromatic heterocycles. The van der Waals surface area contributed by atoms with Gasteiger partial charge in [-0.2, -0.15) is 0 Å². The average molecular weight is 431 g/mol. The summed E-state index contributed by atoms with van der Waals surface area (Å²) >= 11 is 13.4. The van der Waals surface area contributed by atoms with Crippen LogP contribution in [0.25, 0.3) is 11.0 Å². The molecule has 3 aromatic rings. The minimum absolute atomic E-state index is 0.0744. The standard InChI is InChI=1S/C23H28Cl2N4/c1-5-15(6-2)16-9-10-18(24)22-21(16)27-23-26-12-20(29(22)23)17-8-7-14(11-19(17)25)13-28(3)4/h7-11,15,20H,5-6,12-13H2,1-4H3,(H,26,27). The van der Waals surface area contributed by atoms with Crippen LogP contribution in [0.2, 0.25) is 10.0 Å². The van der Waals surface area contributed by atoms with E-state index >= 15 is 0 Å². The number of anilines is 1. The maximum Gasteiger partial charge on any atom is 0.204 e. The third kappa shape index (κ3) is 3.63. The zero-order chi connectivity index (χ0) is 20.7. The number of nitrogens with zero attached hydrogens (tertiary/aromatic N) is 3. The van der Waals surface area contributed by atoms with Crippen LogP contribution < -0.4 is 5.32 Å². The number of hydrogen-bond acceptors (Lipinski definition) is 3. The van der Waals surface area contributed by atoms with Gasteiger partial charge in [-0.1, -0.05) is 55.2 Å². The van der Waals surface area contributed by atoms with E-state index in [9.17, 15) is 0 Å². The van der Waals surface area contributed by atoms with Gasteiger partial charge in [0.05, 0.1) is 22.1 Å². The Bertz CT molecular complexity index is 1040. The number of rotatable bonds is 6. The van der Waals surface area contributed by atoms with Crippen molar-refractivity contribution in [2.45, 2.75) is 45.2 Å². The highest BCUT2D eigenvalue weighted by Gasteiger charge is 2.31. The first-order valence-electron chi connectivity index (χ1n) is 10.3. The lowest BCUT2D eigenvalue weighted by atomic mass is 9.93. The number of fused-ring (bicyclic) bond motifs is 3. The second-order valence-electron chi connectivity index (χ2n) is 8.14. The van der Waals surface area contributed by atoms with Crippen LogP contribution in [-0.2, 0) is 6.54 Å². The van der Waals surface area contributed by atoms with Crippen molar-refractivity contribution in [2.24, 2.45) is 0 Å². The van der Waals surface area contributed by atoms with E-state index in [2.05, 4.69) is 67.0 Å². The van der Waals surface area contributed by atoms with Crippen LogP contribution in [-0.4, -0.2) is 35.1 Å². The molecule has 2 aromatic carbocycles. The van der Waals surface area contributed by atoms with Crippen LogP contribution >= 0.6 is 23.2 Å². The van der Waals surface area contributed by atoms with Gasteiger partial charge in [0.1, 0.15) is 0 Å². The molecular formula is C23H28Cl2N4. The maximum absolute atomic E-state index is 6.73. The van der Waals surface area contributed by atoms with Gasteiger partial charge in [0, 0.05) is 18.1 Å². The van der Waals surface area contributed by atoms with E-state index in [0.717, 1.165) is 58.5 Å². The summed E-state index contributed by atoms with van der Waals surface area (Å²) in [6, 6.07) is 10.6. The van der Waals surface area contributed by atoms with Crippen LogP contribution in [0.3, 0.4) is 0 Å². The van der Waals surface area contributed by atoms with Gasteiger partial charge in [-0.25, -0.2) is 4.98 Å². The Morgan fingerprint density at radius 2 is 1.90 bits per heavy atom. The lowest BCUT2D eigenvalue weighted by molar-refractivity contribution is 0.402. The second kappa shape index (κ2) is 8.17. The first-order chi connectivity index (χ1) is 13.9. The van der Waals surface area contributed by atoms with E-state index in [4.69, 9.17) is 28.2 Å². The molecular weight excluding hydrogens is 403 g/mol. The van der Waals surface area contributed by atoms with Crippen molar-refractivity contribution in [3.63, 3.8) is 0 Å². The Morgan fingerprint density at radius 1 is 1.14 bits per heavy atom. The van der Waals surface area contributed by atoms with Crippen LogP contribution in [0.4, 0.5) is 5.95 Å². The number of hydrogen-bond donors (Lipinski definition) is 1. The number of imidazole rings is 1. The monoisotopic (exact) mass is 430 g/mol. The first kappa shape index (κ1) is 20.5. The zero-order valence-electron chi connectivity index (χ0n) is 17.5. The van der Waals surface area contributed by atoms with Crippen molar-refractivity contribution in [1.29, 1.82) is 0 Å². The Balaban J connectivity index is 1.82. The summed E-state index contributed by atoms with van der Waals surface area (Å²) in [4.78, 5) is 7.09. The van der Waals surface area contributed by atoms with Crippen molar-refractivity contribution in [1.82, 2.24) is 14.5 Å². The highest BCUT2D eigenvalue weighted by Crippen LogP contribution is 2.41. The van der Waals surface area contributed by atoms with Crippen molar-refractivity contribution in [3.8, 4) is 0 Å². The Labute approximate surface area is 182 Å². The van der Waals surface area contributed by atoms with E-state index in [1.165, 1.54) is 11.1 Å². The van der Waals surface area contributed by atoms with Gasteiger partial charge in [0.15, 0.2) is 0 Å². The molecule has 4 nitrogen and oxygen atoms in total. The van der Waals surface area contributed by atoms with Crippen LogP contribution in [0.5, 0.6) is 0 Å². The van der Waals surface area contributed by atoms with Crippen molar-refractivity contribution >= 4 is 40.2 Å². The van der Waals surface area contributed by atoms with E-state index in [-0.39, 0.29) is 6.04 Å². The Hall–Kier alpha value is -1.75. The van der Waals surface area contributed by atoms with Crippen molar-refractivity contribution < 1.29 is 0 Å². The van der Waals surface area contributed by atoms with Gasteiger partial charge >= 0.3 is 0 Å². The molecule has 0 spiro atoms. The van der Waals surface area contributed by atoms with Crippen LogP contribution in [0.15, 0.2) is 30.3 Å². The summed E-state index contributed by atoms with van der Waals surface area (Å²) in [7, 11) is 4.12. The molecule has 0 bridgehead atoms. The Morgan fingerprint density at radius 3 is 2.55 bits per heavy atom. The molecule has 154 valence electrons. The van der Waals surface area contributed by atoms with Crippen LogP contribution in [0.1, 0.15) is 55.3 Å². The van der Waals surface area contributed by atoms with Gasteiger partial charge < -0.3 is 10.2 Å². The normalized spacial score (nSPS) is 16.1.